The van der Waals surface area contributed by atoms with Crippen molar-refractivity contribution < 1.29 is 9.53 Å². The fourth-order valence-corrected chi connectivity index (χ4v) is 2.06. The lowest BCUT2D eigenvalue weighted by Crippen LogP contribution is -2.30. The fraction of sp³-hybridized carbons (Fsp3) is 0.500. The zero-order valence-corrected chi connectivity index (χ0v) is 9.95. The summed E-state index contributed by atoms with van der Waals surface area (Å²) in [5.41, 5.74) is 2.27. The lowest BCUT2D eigenvalue weighted by molar-refractivity contribution is -0.127. The molecule has 0 aromatic heterocycles. The maximum atomic E-state index is 11.7. The van der Waals surface area contributed by atoms with E-state index in [4.69, 9.17) is 4.74 Å². The van der Waals surface area contributed by atoms with Gasteiger partial charge in [0.1, 0.15) is 5.75 Å². The Bertz CT molecular complexity index is 396. The van der Waals surface area contributed by atoms with Gasteiger partial charge in [-0.05, 0) is 50.3 Å². The third-order valence-corrected chi connectivity index (χ3v) is 3.11. The van der Waals surface area contributed by atoms with Crippen molar-refractivity contribution in [1.29, 1.82) is 0 Å². The number of hydrogen-bond donors (Lipinski definition) is 0. The van der Waals surface area contributed by atoms with Crippen molar-refractivity contribution >= 4 is 5.78 Å². The average molecular weight is 218 g/mol. The number of Topliss-reactive ketones (excluding diaryl/α,β-unsaturated/α-hetero) is 1. The van der Waals surface area contributed by atoms with Crippen LogP contribution in [-0.4, -0.2) is 11.9 Å². The van der Waals surface area contributed by atoms with Gasteiger partial charge in [-0.25, -0.2) is 0 Å². The zero-order valence-electron chi connectivity index (χ0n) is 9.95. The average Bonchev–Trinajstić information content (AvgIpc) is 2.27. The highest BCUT2D eigenvalue weighted by Gasteiger charge is 2.24. The molecule has 0 bridgehead atoms. The Labute approximate surface area is 96.6 Å². The van der Waals surface area contributed by atoms with E-state index in [2.05, 4.69) is 6.07 Å². The zero-order chi connectivity index (χ0) is 11.5. The van der Waals surface area contributed by atoms with Crippen LogP contribution >= 0.6 is 0 Å². The number of carbonyl (C=O) groups is 1. The van der Waals surface area contributed by atoms with Gasteiger partial charge in [0.05, 0.1) is 0 Å². The van der Waals surface area contributed by atoms with E-state index in [0.29, 0.717) is 6.42 Å². The van der Waals surface area contributed by atoms with Gasteiger partial charge in [0.2, 0.25) is 0 Å². The van der Waals surface area contributed by atoms with Crippen LogP contribution in [0.5, 0.6) is 5.75 Å². The van der Waals surface area contributed by atoms with Gasteiger partial charge in [-0.1, -0.05) is 12.1 Å². The minimum atomic E-state index is -0.214. The molecule has 2 rings (SSSR count). The standard InChI is InChI=1S/C14H18O2/c1-10-7-8-11(2)14(9-10)16-13-6-4-3-5-12(13)15/h7-9,13H,3-6H2,1-2H3. The lowest BCUT2D eigenvalue weighted by Gasteiger charge is -2.22. The first-order valence-corrected chi connectivity index (χ1v) is 5.93. The van der Waals surface area contributed by atoms with Gasteiger partial charge in [-0.15, -0.1) is 0 Å². The van der Waals surface area contributed by atoms with Gasteiger partial charge in [0.25, 0.3) is 0 Å². The number of rotatable bonds is 2. The van der Waals surface area contributed by atoms with E-state index < -0.39 is 0 Å². The van der Waals surface area contributed by atoms with Crippen LogP contribution < -0.4 is 4.74 Å². The minimum Gasteiger partial charge on any atom is -0.482 e. The molecule has 86 valence electrons. The molecule has 0 aliphatic heterocycles. The molecule has 0 N–H and O–H groups in total. The predicted molar refractivity (Wildman–Crippen MR) is 63.8 cm³/mol. The molecular weight excluding hydrogens is 200 g/mol. The minimum absolute atomic E-state index is 0.214. The van der Waals surface area contributed by atoms with Crippen LogP contribution in [0, 0.1) is 13.8 Å². The SMILES string of the molecule is Cc1ccc(C)c(OC2CCCCC2=O)c1. The molecule has 0 spiro atoms. The smallest absolute Gasteiger partial charge is 0.173 e. The Kier molecular flexibility index (Phi) is 3.28. The summed E-state index contributed by atoms with van der Waals surface area (Å²) in [6.07, 6.45) is 3.45. The van der Waals surface area contributed by atoms with Crippen LogP contribution in [0.4, 0.5) is 0 Å². The molecule has 2 heteroatoms. The van der Waals surface area contributed by atoms with Crippen LogP contribution in [0.25, 0.3) is 0 Å². The van der Waals surface area contributed by atoms with Gasteiger partial charge in [-0.3, -0.25) is 4.79 Å². The molecule has 1 saturated carbocycles. The number of carbonyl (C=O) groups excluding carboxylic acids is 1. The summed E-state index contributed by atoms with van der Waals surface area (Å²) in [5, 5.41) is 0. The maximum Gasteiger partial charge on any atom is 0.173 e. The van der Waals surface area contributed by atoms with Gasteiger partial charge < -0.3 is 4.74 Å². The van der Waals surface area contributed by atoms with Gasteiger partial charge >= 0.3 is 0 Å². The summed E-state index contributed by atoms with van der Waals surface area (Å²) >= 11 is 0. The van der Waals surface area contributed by atoms with Gasteiger partial charge in [0.15, 0.2) is 11.9 Å². The highest BCUT2D eigenvalue weighted by molar-refractivity contribution is 5.84. The quantitative estimate of drug-likeness (QED) is 0.762. The van der Waals surface area contributed by atoms with Gasteiger partial charge in [0, 0.05) is 6.42 Å². The normalized spacial score (nSPS) is 20.9. The Morgan fingerprint density at radius 3 is 2.81 bits per heavy atom. The summed E-state index contributed by atoms with van der Waals surface area (Å²) < 4.78 is 5.83. The monoisotopic (exact) mass is 218 g/mol. The fourth-order valence-electron chi connectivity index (χ4n) is 2.06. The number of hydrogen-bond acceptors (Lipinski definition) is 2. The molecule has 0 saturated heterocycles. The van der Waals surface area contributed by atoms with Crippen molar-refractivity contribution in [3.05, 3.63) is 29.3 Å². The van der Waals surface area contributed by atoms with E-state index in [-0.39, 0.29) is 11.9 Å². The summed E-state index contributed by atoms with van der Waals surface area (Å²) in [5.74, 6) is 1.12. The molecule has 1 aromatic rings. The van der Waals surface area contributed by atoms with E-state index in [0.717, 1.165) is 30.6 Å². The van der Waals surface area contributed by atoms with Crippen LogP contribution in [0.3, 0.4) is 0 Å². The second kappa shape index (κ2) is 4.69. The number of ether oxygens (including phenoxy) is 1. The Balaban J connectivity index is 2.13. The summed E-state index contributed by atoms with van der Waals surface area (Å²) in [4.78, 5) is 11.7. The van der Waals surface area contributed by atoms with Crippen molar-refractivity contribution in [3.8, 4) is 5.75 Å². The first-order chi connectivity index (χ1) is 7.66. The topological polar surface area (TPSA) is 26.3 Å². The summed E-state index contributed by atoms with van der Waals surface area (Å²) in [7, 11) is 0. The van der Waals surface area contributed by atoms with Crippen LogP contribution in [-0.2, 0) is 4.79 Å². The first-order valence-electron chi connectivity index (χ1n) is 5.93. The van der Waals surface area contributed by atoms with E-state index in [9.17, 15) is 4.79 Å². The molecule has 0 radical (unpaired) electrons. The second-order valence-corrected chi connectivity index (χ2v) is 4.59. The van der Waals surface area contributed by atoms with E-state index in [1.807, 2.05) is 26.0 Å². The van der Waals surface area contributed by atoms with E-state index in [1.54, 1.807) is 0 Å². The molecular formula is C14H18O2. The largest absolute Gasteiger partial charge is 0.482 e. The first kappa shape index (κ1) is 11.2. The molecule has 1 fully saturated rings. The summed E-state index contributed by atoms with van der Waals surface area (Å²) in [6.45, 7) is 4.05. The molecule has 1 aliphatic rings. The Hall–Kier alpha value is -1.31. The predicted octanol–water partition coefficient (Wildman–Crippen LogP) is 3.19. The molecule has 1 aromatic carbocycles. The third-order valence-electron chi connectivity index (χ3n) is 3.11. The Morgan fingerprint density at radius 2 is 2.06 bits per heavy atom. The molecule has 1 unspecified atom stereocenters. The van der Waals surface area contributed by atoms with Crippen molar-refractivity contribution in [1.82, 2.24) is 0 Å². The lowest BCUT2D eigenvalue weighted by atomic mass is 9.96. The van der Waals surface area contributed by atoms with E-state index >= 15 is 0 Å². The molecule has 0 amide bonds. The van der Waals surface area contributed by atoms with Crippen molar-refractivity contribution in [2.45, 2.75) is 45.6 Å². The van der Waals surface area contributed by atoms with Crippen LogP contribution in [0.1, 0.15) is 36.8 Å². The summed E-state index contributed by atoms with van der Waals surface area (Å²) in [6, 6.07) is 6.11. The van der Waals surface area contributed by atoms with E-state index in [1.165, 1.54) is 5.56 Å². The molecule has 1 aliphatic carbocycles. The number of benzene rings is 1. The Morgan fingerprint density at radius 1 is 1.25 bits per heavy atom. The molecule has 1 atom stereocenters. The number of ketones is 1. The molecule has 16 heavy (non-hydrogen) atoms. The van der Waals surface area contributed by atoms with Crippen LogP contribution in [0.2, 0.25) is 0 Å². The van der Waals surface area contributed by atoms with Crippen LogP contribution in [0.15, 0.2) is 18.2 Å². The molecule has 2 nitrogen and oxygen atoms in total. The van der Waals surface area contributed by atoms with Crippen molar-refractivity contribution in [2.24, 2.45) is 0 Å². The molecule has 0 heterocycles. The van der Waals surface area contributed by atoms with Gasteiger partial charge in [-0.2, -0.15) is 0 Å². The van der Waals surface area contributed by atoms with Crippen molar-refractivity contribution in [2.75, 3.05) is 0 Å². The second-order valence-electron chi connectivity index (χ2n) is 4.59. The maximum absolute atomic E-state index is 11.7. The number of aryl methyl sites for hydroxylation is 2. The highest BCUT2D eigenvalue weighted by Crippen LogP contribution is 2.24. The third kappa shape index (κ3) is 2.43. The highest BCUT2D eigenvalue weighted by atomic mass is 16.5. The van der Waals surface area contributed by atoms with Crippen molar-refractivity contribution in [3.63, 3.8) is 0 Å².